The summed E-state index contributed by atoms with van der Waals surface area (Å²) in [5.41, 5.74) is 1.19. The Morgan fingerprint density at radius 1 is 1.00 bits per heavy atom. The average Bonchev–Trinajstić information content (AvgIpc) is 3.08. The highest BCUT2D eigenvalue weighted by molar-refractivity contribution is 5.12. The van der Waals surface area contributed by atoms with Gasteiger partial charge in [0.1, 0.15) is 0 Å². The lowest BCUT2D eigenvalue weighted by molar-refractivity contribution is 0.193. The molecular formula is C18H27N3O. The summed E-state index contributed by atoms with van der Waals surface area (Å²) in [5.74, 6) is 1.51. The van der Waals surface area contributed by atoms with Gasteiger partial charge in [0.2, 0.25) is 0 Å². The van der Waals surface area contributed by atoms with E-state index >= 15 is 0 Å². The summed E-state index contributed by atoms with van der Waals surface area (Å²) in [5, 5.41) is 4.64. The Bertz CT molecular complexity index is 572. The third-order valence-electron chi connectivity index (χ3n) is 5.73. The summed E-state index contributed by atoms with van der Waals surface area (Å²) in [7, 11) is 0. The smallest absolute Gasteiger partial charge is 0.266 e. The van der Waals surface area contributed by atoms with Crippen LogP contribution >= 0.6 is 0 Å². The number of likely N-dealkylation sites (tertiary alicyclic amines) is 1. The fourth-order valence-electron chi connectivity index (χ4n) is 4.26. The van der Waals surface area contributed by atoms with Gasteiger partial charge >= 0.3 is 0 Å². The Labute approximate surface area is 132 Å². The van der Waals surface area contributed by atoms with E-state index in [0.29, 0.717) is 12.0 Å². The van der Waals surface area contributed by atoms with Crippen molar-refractivity contribution in [3.8, 4) is 0 Å². The fraction of sp³-hybridized carbons (Fsp3) is 0.778. The van der Waals surface area contributed by atoms with E-state index in [1.165, 1.54) is 64.5 Å². The van der Waals surface area contributed by atoms with Crippen LogP contribution in [-0.2, 0) is 6.54 Å². The van der Waals surface area contributed by atoms with E-state index in [9.17, 15) is 4.79 Å². The lowest BCUT2D eigenvalue weighted by atomic mass is 10.1. The molecule has 0 radical (unpaired) electrons. The van der Waals surface area contributed by atoms with E-state index in [2.05, 4.69) is 10.00 Å². The molecule has 0 bridgehead atoms. The highest BCUT2D eigenvalue weighted by Crippen LogP contribution is 2.38. The first-order valence-corrected chi connectivity index (χ1v) is 9.12. The first kappa shape index (κ1) is 14.4. The van der Waals surface area contributed by atoms with E-state index in [4.69, 9.17) is 0 Å². The molecule has 4 nitrogen and oxygen atoms in total. The predicted molar refractivity (Wildman–Crippen MR) is 87.0 cm³/mol. The van der Waals surface area contributed by atoms with Crippen LogP contribution < -0.4 is 5.56 Å². The van der Waals surface area contributed by atoms with Gasteiger partial charge in [0, 0.05) is 24.6 Å². The summed E-state index contributed by atoms with van der Waals surface area (Å²) < 4.78 is 1.74. The second-order valence-electron chi connectivity index (χ2n) is 7.49. The average molecular weight is 301 g/mol. The lowest BCUT2D eigenvalue weighted by Gasteiger charge is -2.27. The summed E-state index contributed by atoms with van der Waals surface area (Å²) >= 11 is 0. The third-order valence-corrected chi connectivity index (χ3v) is 5.73. The monoisotopic (exact) mass is 301 g/mol. The molecule has 1 unspecified atom stereocenters. The summed E-state index contributed by atoms with van der Waals surface area (Å²) in [6.45, 7) is 3.23. The van der Waals surface area contributed by atoms with Crippen LogP contribution in [0.15, 0.2) is 16.9 Å². The zero-order valence-corrected chi connectivity index (χ0v) is 13.4. The highest BCUT2D eigenvalue weighted by Gasteiger charge is 2.29. The van der Waals surface area contributed by atoms with Crippen LogP contribution in [0.3, 0.4) is 0 Å². The minimum absolute atomic E-state index is 0.0668. The van der Waals surface area contributed by atoms with Crippen molar-refractivity contribution in [3.05, 3.63) is 28.2 Å². The van der Waals surface area contributed by atoms with Crippen molar-refractivity contribution in [2.45, 2.75) is 69.9 Å². The quantitative estimate of drug-likeness (QED) is 0.839. The second kappa shape index (κ2) is 6.15. The maximum absolute atomic E-state index is 12.1. The van der Waals surface area contributed by atoms with Gasteiger partial charge in [-0.2, -0.15) is 5.10 Å². The molecule has 1 saturated heterocycles. The minimum atomic E-state index is 0.0668. The van der Waals surface area contributed by atoms with Crippen LogP contribution in [0, 0.1) is 5.92 Å². The Kier molecular flexibility index (Phi) is 4.03. The Hall–Kier alpha value is -1.16. The molecule has 1 aromatic heterocycles. The standard InChI is InChI=1S/C18H27N3O/c22-18-10-9-17(15-7-8-15)19-21(18)13-16-6-3-11-20(16)12-14-4-1-2-5-14/h9-10,14-16H,1-8,11-13H2. The Balaban J connectivity index is 1.44. The van der Waals surface area contributed by atoms with Gasteiger partial charge < -0.3 is 0 Å². The number of hydrogen-bond donors (Lipinski definition) is 0. The molecule has 4 rings (SSSR count). The van der Waals surface area contributed by atoms with Crippen molar-refractivity contribution in [2.75, 3.05) is 13.1 Å². The highest BCUT2D eigenvalue weighted by atomic mass is 16.1. The van der Waals surface area contributed by atoms with Crippen LogP contribution in [0.4, 0.5) is 0 Å². The number of nitrogens with zero attached hydrogens (tertiary/aromatic N) is 3. The van der Waals surface area contributed by atoms with Gasteiger partial charge in [-0.15, -0.1) is 0 Å². The zero-order chi connectivity index (χ0) is 14.9. The first-order chi connectivity index (χ1) is 10.8. The molecule has 3 fully saturated rings. The number of aromatic nitrogens is 2. The largest absolute Gasteiger partial charge is 0.298 e. The molecule has 1 atom stereocenters. The molecule has 3 aliphatic rings. The predicted octanol–water partition coefficient (Wildman–Crippen LogP) is 2.78. The molecule has 1 aliphatic heterocycles. The molecule has 0 aromatic carbocycles. The van der Waals surface area contributed by atoms with Crippen molar-refractivity contribution >= 4 is 0 Å². The van der Waals surface area contributed by atoms with Crippen molar-refractivity contribution in [1.29, 1.82) is 0 Å². The van der Waals surface area contributed by atoms with Gasteiger partial charge in [0.25, 0.3) is 5.56 Å². The van der Waals surface area contributed by atoms with Crippen molar-refractivity contribution in [3.63, 3.8) is 0 Å². The summed E-state index contributed by atoms with van der Waals surface area (Å²) in [6, 6.07) is 4.17. The van der Waals surface area contributed by atoms with Gasteiger partial charge in [0.15, 0.2) is 0 Å². The fourth-order valence-corrected chi connectivity index (χ4v) is 4.26. The topological polar surface area (TPSA) is 38.1 Å². The van der Waals surface area contributed by atoms with Crippen molar-refractivity contribution < 1.29 is 0 Å². The lowest BCUT2D eigenvalue weighted by Crippen LogP contribution is -2.39. The maximum Gasteiger partial charge on any atom is 0.266 e. The molecule has 0 spiro atoms. The van der Waals surface area contributed by atoms with Crippen LogP contribution in [0.2, 0.25) is 0 Å². The van der Waals surface area contributed by atoms with Crippen molar-refractivity contribution in [2.24, 2.45) is 5.92 Å². The van der Waals surface area contributed by atoms with Gasteiger partial charge in [-0.3, -0.25) is 9.69 Å². The molecule has 120 valence electrons. The van der Waals surface area contributed by atoms with Crippen LogP contribution in [-0.4, -0.2) is 33.8 Å². The number of hydrogen-bond acceptors (Lipinski definition) is 3. The normalized spacial score (nSPS) is 26.8. The van der Waals surface area contributed by atoms with Gasteiger partial charge in [-0.1, -0.05) is 12.8 Å². The van der Waals surface area contributed by atoms with Crippen molar-refractivity contribution in [1.82, 2.24) is 14.7 Å². The minimum Gasteiger partial charge on any atom is -0.298 e. The van der Waals surface area contributed by atoms with Gasteiger partial charge in [-0.05, 0) is 57.1 Å². The van der Waals surface area contributed by atoms with Crippen LogP contribution in [0.1, 0.15) is 63.0 Å². The Morgan fingerprint density at radius 3 is 2.59 bits per heavy atom. The van der Waals surface area contributed by atoms with E-state index < -0.39 is 0 Å². The second-order valence-corrected chi connectivity index (χ2v) is 7.49. The van der Waals surface area contributed by atoms with E-state index in [1.54, 1.807) is 10.7 Å². The SMILES string of the molecule is O=c1ccc(C2CC2)nn1CC1CCCN1CC1CCCC1. The molecule has 1 aromatic rings. The molecule has 0 amide bonds. The Morgan fingerprint density at radius 2 is 1.82 bits per heavy atom. The van der Waals surface area contributed by atoms with Gasteiger partial charge in [-0.25, -0.2) is 4.68 Å². The van der Waals surface area contributed by atoms with E-state index in [1.807, 2.05) is 6.07 Å². The zero-order valence-electron chi connectivity index (χ0n) is 13.4. The molecular weight excluding hydrogens is 274 g/mol. The van der Waals surface area contributed by atoms with E-state index in [0.717, 1.165) is 18.2 Å². The summed E-state index contributed by atoms with van der Waals surface area (Å²) in [6.07, 6.45) is 10.6. The maximum atomic E-state index is 12.1. The summed E-state index contributed by atoms with van der Waals surface area (Å²) in [4.78, 5) is 14.8. The van der Waals surface area contributed by atoms with Gasteiger partial charge in [0.05, 0.1) is 12.2 Å². The van der Waals surface area contributed by atoms with Crippen LogP contribution in [0.5, 0.6) is 0 Å². The molecule has 2 aliphatic carbocycles. The first-order valence-electron chi connectivity index (χ1n) is 9.12. The number of rotatable bonds is 5. The molecule has 0 N–H and O–H groups in total. The molecule has 4 heteroatoms. The molecule has 2 saturated carbocycles. The third kappa shape index (κ3) is 3.12. The molecule has 22 heavy (non-hydrogen) atoms. The van der Waals surface area contributed by atoms with Crippen LogP contribution in [0.25, 0.3) is 0 Å². The van der Waals surface area contributed by atoms with E-state index in [-0.39, 0.29) is 5.56 Å². The molecule has 2 heterocycles.